The van der Waals surface area contributed by atoms with Gasteiger partial charge >= 0.3 is 24.1 Å². The third-order valence-corrected chi connectivity index (χ3v) is 2.67. The number of alkyl carbamates (subject to hydrolysis) is 1. The summed E-state index contributed by atoms with van der Waals surface area (Å²) in [4.78, 5) is 44.6. The lowest BCUT2D eigenvalue weighted by Gasteiger charge is -2.13. The van der Waals surface area contributed by atoms with Crippen molar-refractivity contribution in [1.29, 1.82) is 0 Å². The summed E-state index contributed by atoms with van der Waals surface area (Å²) in [5, 5.41) is 11.1. The molecule has 10 nitrogen and oxygen atoms in total. The fourth-order valence-electron chi connectivity index (χ4n) is 1.53. The highest BCUT2D eigenvalue weighted by molar-refractivity contribution is 6.27. The van der Waals surface area contributed by atoms with Crippen molar-refractivity contribution in [2.24, 2.45) is 0 Å². The number of hydrogen-bond acceptors (Lipinski definition) is 7. The van der Waals surface area contributed by atoms with Gasteiger partial charge in [0.25, 0.3) is 6.72 Å². The van der Waals surface area contributed by atoms with Crippen LogP contribution in [0.4, 0.5) is 4.79 Å². The van der Waals surface area contributed by atoms with Crippen LogP contribution in [0.1, 0.15) is 24.4 Å². The second kappa shape index (κ2) is 8.35. The molecular formula is C13H15N2O8+. The highest BCUT2D eigenvalue weighted by Gasteiger charge is 2.22. The van der Waals surface area contributed by atoms with Crippen LogP contribution in [-0.2, 0) is 20.9 Å². The van der Waals surface area contributed by atoms with E-state index in [0.29, 0.717) is 0 Å². The predicted octanol–water partition coefficient (Wildman–Crippen LogP) is -0.591. The molecule has 1 rings (SSSR count). The Balaban J connectivity index is 2.52. The van der Waals surface area contributed by atoms with Gasteiger partial charge in [-0.2, -0.15) is 0 Å². The molecule has 10 heteroatoms. The Morgan fingerprint density at radius 2 is 2.13 bits per heavy atom. The van der Waals surface area contributed by atoms with Gasteiger partial charge in [0.05, 0.1) is 0 Å². The standard InChI is InChI=1S/C13H14N2O8/c1-7-10(23-13(20)22-7)6-21-12(19)15-9(11(17)18)4-3-8(16)5-14-2/h5,9H,2-4,6H2,1H3,(H-,15,17,18,19)/p+1/t9-/m0/s1. The van der Waals surface area contributed by atoms with E-state index < -0.39 is 36.3 Å². The lowest BCUT2D eigenvalue weighted by Crippen LogP contribution is -2.41. The lowest BCUT2D eigenvalue weighted by molar-refractivity contribution is -0.139. The molecule has 0 radical (unpaired) electrons. The van der Waals surface area contributed by atoms with Gasteiger partial charge in [-0.3, -0.25) is 4.79 Å². The molecule has 2 N–H and O–H groups in total. The monoisotopic (exact) mass is 327 g/mol. The summed E-state index contributed by atoms with van der Waals surface area (Å²) in [6.07, 6.45) is -0.360. The van der Waals surface area contributed by atoms with Gasteiger partial charge in [-0.25, -0.2) is 14.4 Å². The van der Waals surface area contributed by atoms with Crippen molar-refractivity contribution in [3.63, 3.8) is 0 Å². The number of Topliss-reactive ketones (excluding diaryl/α,β-unsaturated/α-hetero) is 1. The fourth-order valence-corrected chi connectivity index (χ4v) is 1.53. The topological polar surface area (TPSA) is 150 Å². The maximum atomic E-state index is 11.6. The minimum absolute atomic E-state index is 0.0128. The Hall–Kier alpha value is -3.13. The fraction of sp³-hybridized carbons (Fsp3) is 0.385. The third kappa shape index (κ3) is 6.02. The average Bonchev–Trinajstić information content (AvgIpc) is 2.79. The third-order valence-electron chi connectivity index (χ3n) is 2.67. The van der Waals surface area contributed by atoms with Crippen LogP contribution in [-0.4, -0.2) is 41.9 Å². The molecule has 23 heavy (non-hydrogen) atoms. The molecule has 0 aliphatic rings. The Morgan fingerprint density at radius 3 is 2.65 bits per heavy atom. The highest BCUT2D eigenvalue weighted by atomic mass is 16.6. The molecule has 0 saturated heterocycles. The van der Waals surface area contributed by atoms with Gasteiger partial charge < -0.3 is 24.0 Å². The minimum Gasteiger partial charge on any atom is -0.480 e. The van der Waals surface area contributed by atoms with E-state index in [0.717, 1.165) is 6.21 Å². The predicted molar refractivity (Wildman–Crippen MR) is 76.3 cm³/mol. The SMILES string of the molecule is C=[N+]=CC(=O)CC[C@H](NC(=O)OCc1oc(=O)oc1C)C(=O)O. The molecule has 1 heterocycles. The van der Waals surface area contributed by atoms with Crippen molar-refractivity contribution in [2.75, 3.05) is 0 Å². The van der Waals surface area contributed by atoms with Gasteiger partial charge in [0.1, 0.15) is 6.04 Å². The Bertz CT molecular complexity index is 695. The first kappa shape index (κ1) is 17.9. The Kier molecular flexibility index (Phi) is 6.50. The van der Waals surface area contributed by atoms with E-state index in [4.69, 9.17) is 9.84 Å². The number of nitrogens with one attached hydrogen (secondary N) is 1. The van der Waals surface area contributed by atoms with Crippen LogP contribution < -0.4 is 15.8 Å². The maximum Gasteiger partial charge on any atom is 0.519 e. The van der Waals surface area contributed by atoms with Gasteiger partial charge in [0.2, 0.25) is 5.78 Å². The lowest BCUT2D eigenvalue weighted by atomic mass is 10.1. The van der Waals surface area contributed by atoms with E-state index in [-0.39, 0.29) is 24.4 Å². The van der Waals surface area contributed by atoms with Crippen LogP contribution in [0.5, 0.6) is 0 Å². The number of aryl methyl sites for hydroxylation is 1. The molecule has 0 aromatic carbocycles. The van der Waals surface area contributed by atoms with Gasteiger partial charge in [-0.1, -0.05) is 0 Å². The van der Waals surface area contributed by atoms with Crippen molar-refractivity contribution in [3.05, 3.63) is 22.1 Å². The van der Waals surface area contributed by atoms with Crippen molar-refractivity contribution in [3.8, 4) is 0 Å². The zero-order chi connectivity index (χ0) is 17.4. The molecule has 0 spiro atoms. The number of carboxylic acid groups (broad SMARTS) is 1. The Labute approximate surface area is 129 Å². The van der Waals surface area contributed by atoms with E-state index >= 15 is 0 Å². The van der Waals surface area contributed by atoms with Gasteiger partial charge in [-0.15, -0.1) is 4.67 Å². The summed E-state index contributed by atoms with van der Waals surface area (Å²) < 4.78 is 17.2. The van der Waals surface area contributed by atoms with E-state index in [9.17, 15) is 19.2 Å². The van der Waals surface area contributed by atoms with E-state index in [1.807, 2.05) is 0 Å². The first-order chi connectivity index (χ1) is 10.8. The first-order valence-electron chi connectivity index (χ1n) is 6.41. The van der Waals surface area contributed by atoms with Crippen molar-refractivity contribution < 1.29 is 33.1 Å². The number of hydrogen-bond donors (Lipinski definition) is 2. The number of amides is 1. The number of carbonyl (C=O) groups is 3. The molecule has 1 atom stereocenters. The van der Waals surface area contributed by atoms with Crippen LogP contribution in [0.3, 0.4) is 0 Å². The summed E-state index contributed by atoms with van der Waals surface area (Å²) in [6, 6.07) is -1.32. The van der Waals surface area contributed by atoms with E-state index in [2.05, 4.69) is 25.5 Å². The molecule has 0 saturated carbocycles. The summed E-state index contributed by atoms with van der Waals surface area (Å²) >= 11 is 0. The van der Waals surface area contributed by atoms with Crippen LogP contribution in [0.25, 0.3) is 0 Å². The van der Waals surface area contributed by atoms with Gasteiger partial charge in [0.15, 0.2) is 18.1 Å². The maximum absolute atomic E-state index is 11.6. The highest BCUT2D eigenvalue weighted by Crippen LogP contribution is 2.07. The van der Waals surface area contributed by atoms with Crippen molar-refractivity contribution in [2.45, 2.75) is 32.4 Å². The molecule has 0 bridgehead atoms. The van der Waals surface area contributed by atoms with Crippen LogP contribution >= 0.6 is 0 Å². The molecule has 0 aliphatic carbocycles. The summed E-state index contributed by atoms with van der Waals surface area (Å²) in [6.45, 7) is 4.14. The molecular weight excluding hydrogens is 312 g/mol. The molecule has 124 valence electrons. The van der Waals surface area contributed by atoms with Crippen LogP contribution in [0, 0.1) is 6.92 Å². The van der Waals surface area contributed by atoms with Crippen molar-refractivity contribution >= 4 is 30.8 Å². The largest absolute Gasteiger partial charge is 0.519 e. The zero-order valence-electron chi connectivity index (χ0n) is 12.2. The summed E-state index contributed by atoms with van der Waals surface area (Å²) in [7, 11) is 0. The van der Waals surface area contributed by atoms with E-state index in [1.165, 1.54) is 6.92 Å². The molecule has 1 amide bonds. The number of ether oxygens (including phenoxy) is 1. The zero-order valence-corrected chi connectivity index (χ0v) is 12.2. The summed E-state index contributed by atoms with van der Waals surface area (Å²) in [5.41, 5.74) is 0. The molecule has 0 unspecified atom stereocenters. The molecule has 1 aromatic heterocycles. The smallest absolute Gasteiger partial charge is 0.480 e. The number of nitrogens with zero attached hydrogens (tertiary/aromatic N) is 1. The second-order valence-corrected chi connectivity index (χ2v) is 4.36. The number of rotatable bonds is 8. The molecule has 1 aromatic rings. The number of carbonyl (C=O) groups excluding carboxylic acids is 2. The van der Waals surface area contributed by atoms with Gasteiger partial charge in [-0.05, 0) is 13.3 Å². The second-order valence-electron chi connectivity index (χ2n) is 4.36. The normalized spacial score (nSPS) is 11.2. The first-order valence-corrected chi connectivity index (χ1v) is 6.41. The quantitative estimate of drug-likeness (QED) is 0.475. The minimum atomic E-state index is -1.33. The number of carboxylic acids is 1. The van der Waals surface area contributed by atoms with Crippen molar-refractivity contribution in [1.82, 2.24) is 9.98 Å². The number of ketones is 1. The molecule has 0 fully saturated rings. The van der Waals surface area contributed by atoms with E-state index in [1.54, 1.807) is 0 Å². The molecule has 0 aliphatic heterocycles. The van der Waals surface area contributed by atoms with Crippen LogP contribution in [0.2, 0.25) is 0 Å². The Morgan fingerprint density at radius 1 is 1.43 bits per heavy atom. The van der Waals surface area contributed by atoms with Crippen LogP contribution in [0.15, 0.2) is 13.6 Å². The van der Waals surface area contributed by atoms with Gasteiger partial charge in [0, 0.05) is 6.42 Å². The number of aliphatic carboxylic acids is 1. The summed E-state index contributed by atoms with van der Waals surface area (Å²) in [5.74, 6) is -2.52. The average molecular weight is 327 g/mol.